The van der Waals surface area contributed by atoms with E-state index in [2.05, 4.69) is 15.5 Å². The van der Waals surface area contributed by atoms with E-state index in [0.29, 0.717) is 12.3 Å². The average Bonchev–Trinajstić information content (AvgIpc) is 2.46. The molecule has 0 aromatic heterocycles. The quantitative estimate of drug-likeness (QED) is 0.694. The summed E-state index contributed by atoms with van der Waals surface area (Å²) in [6.07, 6.45) is 0.579. The maximum absolute atomic E-state index is 12.6. The molecule has 1 heterocycles. The topological polar surface area (TPSA) is 70.7 Å². The number of ether oxygens (including phenoxy) is 1. The fraction of sp³-hybridized carbons (Fsp3) is 0.867. The second-order valence-electron chi connectivity index (χ2n) is 6.47. The van der Waals surface area contributed by atoms with Gasteiger partial charge in [0.2, 0.25) is 5.91 Å². The van der Waals surface area contributed by atoms with Crippen molar-refractivity contribution in [1.82, 2.24) is 15.5 Å². The number of piperazine rings is 1. The molecule has 1 aliphatic rings. The van der Waals surface area contributed by atoms with Gasteiger partial charge in [-0.1, -0.05) is 13.8 Å². The fourth-order valence-corrected chi connectivity index (χ4v) is 2.53. The van der Waals surface area contributed by atoms with Crippen LogP contribution in [0.5, 0.6) is 0 Å². The molecule has 6 heteroatoms. The summed E-state index contributed by atoms with van der Waals surface area (Å²) < 4.78 is 4.80. The Labute approximate surface area is 127 Å². The monoisotopic (exact) mass is 299 g/mol. The van der Waals surface area contributed by atoms with Crippen LogP contribution >= 0.6 is 0 Å². The number of nitrogens with zero attached hydrogens (tertiary/aromatic N) is 1. The van der Waals surface area contributed by atoms with Gasteiger partial charge in [-0.05, 0) is 26.2 Å². The number of carbonyl (C=O) groups is 2. The van der Waals surface area contributed by atoms with Crippen molar-refractivity contribution < 1.29 is 14.3 Å². The maximum Gasteiger partial charge on any atom is 0.328 e. The number of esters is 1. The lowest BCUT2D eigenvalue weighted by Gasteiger charge is -2.40. The molecule has 0 aromatic carbocycles. The number of carbonyl (C=O) groups excluding carboxylic acids is 2. The highest BCUT2D eigenvalue weighted by Crippen LogP contribution is 2.16. The minimum Gasteiger partial charge on any atom is -0.467 e. The van der Waals surface area contributed by atoms with Crippen molar-refractivity contribution in [2.24, 2.45) is 5.92 Å². The van der Waals surface area contributed by atoms with Gasteiger partial charge in [0.25, 0.3) is 0 Å². The van der Waals surface area contributed by atoms with Crippen LogP contribution in [0, 0.1) is 5.92 Å². The van der Waals surface area contributed by atoms with Gasteiger partial charge in [-0.2, -0.15) is 0 Å². The largest absolute Gasteiger partial charge is 0.467 e. The number of rotatable bonds is 6. The Balaban J connectivity index is 2.72. The Bertz CT molecular complexity index is 363. The molecule has 0 saturated carbocycles. The molecule has 0 radical (unpaired) electrons. The molecule has 1 saturated heterocycles. The van der Waals surface area contributed by atoms with Crippen molar-refractivity contribution in [3.8, 4) is 0 Å². The van der Waals surface area contributed by atoms with Crippen molar-refractivity contribution in [3.05, 3.63) is 0 Å². The van der Waals surface area contributed by atoms with Crippen molar-refractivity contribution in [2.45, 2.75) is 45.7 Å². The maximum atomic E-state index is 12.6. The number of nitrogens with one attached hydrogen (secondary N) is 2. The highest BCUT2D eigenvalue weighted by Gasteiger charge is 2.37. The van der Waals surface area contributed by atoms with Gasteiger partial charge in [0.05, 0.1) is 12.6 Å². The highest BCUT2D eigenvalue weighted by atomic mass is 16.5. The molecular weight excluding hydrogens is 270 g/mol. The predicted molar refractivity (Wildman–Crippen MR) is 81.9 cm³/mol. The summed E-state index contributed by atoms with van der Waals surface area (Å²) in [5.41, 5.74) is -0.634. The van der Waals surface area contributed by atoms with Crippen LogP contribution in [0.2, 0.25) is 0 Å². The van der Waals surface area contributed by atoms with E-state index >= 15 is 0 Å². The molecular formula is C15H29N3O3. The fourth-order valence-electron chi connectivity index (χ4n) is 2.53. The van der Waals surface area contributed by atoms with Gasteiger partial charge in [-0.15, -0.1) is 0 Å². The Kier molecular flexibility index (Phi) is 6.61. The summed E-state index contributed by atoms with van der Waals surface area (Å²) in [6, 6.07) is -0.579. The number of hydrogen-bond acceptors (Lipinski definition) is 5. The van der Waals surface area contributed by atoms with E-state index in [1.54, 1.807) is 0 Å². The second-order valence-corrected chi connectivity index (χ2v) is 6.47. The minimum absolute atomic E-state index is 0.125. The molecule has 122 valence electrons. The zero-order valence-electron chi connectivity index (χ0n) is 13.9. The van der Waals surface area contributed by atoms with Crippen LogP contribution in [0.1, 0.15) is 34.1 Å². The summed E-state index contributed by atoms with van der Waals surface area (Å²) in [7, 11) is 1.35. The molecule has 2 N–H and O–H groups in total. The van der Waals surface area contributed by atoms with Gasteiger partial charge in [0.15, 0.2) is 0 Å². The minimum atomic E-state index is -0.634. The first kappa shape index (κ1) is 17.9. The van der Waals surface area contributed by atoms with Gasteiger partial charge in [-0.3, -0.25) is 9.69 Å². The van der Waals surface area contributed by atoms with E-state index in [9.17, 15) is 9.59 Å². The molecule has 0 bridgehead atoms. The van der Waals surface area contributed by atoms with Crippen LogP contribution in [0.4, 0.5) is 0 Å². The Morgan fingerprint density at radius 3 is 2.33 bits per heavy atom. The van der Waals surface area contributed by atoms with Crippen molar-refractivity contribution in [1.29, 1.82) is 0 Å². The normalized spacial score (nSPS) is 18.4. The molecule has 1 atom stereocenters. The number of hydrogen-bond donors (Lipinski definition) is 2. The zero-order chi connectivity index (χ0) is 16.0. The van der Waals surface area contributed by atoms with E-state index in [4.69, 9.17) is 4.74 Å². The first-order valence-electron chi connectivity index (χ1n) is 7.63. The van der Waals surface area contributed by atoms with Crippen molar-refractivity contribution in [2.75, 3.05) is 33.3 Å². The SMILES string of the molecule is COC(=O)C(CC(C)C)NC(=O)C(C)(C)N1CCNCC1. The van der Waals surface area contributed by atoms with E-state index in [0.717, 1.165) is 26.2 Å². The van der Waals surface area contributed by atoms with Crippen LogP contribution < -0.4 is 10.6 Å². The highest BCUT2D eigenvalue weighted by molar-refractivity contribution is 5.89. The van der Waals surface area contributed by atoms with Crippen LogP contribution in [-0.2, 0) is 14.3 Å². The molecule has 1 amide bonds. The molecule has 0 spiro atoms. The molecule has 0 aromatic rings. The van der Waals surface area contributed by atoms with E-state index in [-0.39, 0.29) is 11.9 Å². The lowest BCUT2D eigenvalue weighted by molar-refractivity contribution is -0.147. The first-order chi connectivity index (χ1) is 9.78. The van der Waals surface area contributed by atoms with Gasteiger partial charge in [0, 0.05) is 26.2 Å². The van der Waals surface area contributed by atoms with Crippen LogP contribution in [0.3, 0.4) is 0 Å². The van der Waals surface area contributed by atoms with Crippen molar-refractivity contribution in [3.63, 3.8) is 0 Å². The predicted octanol–water partition coefficient (Wildman–Crippen LogP) is 0.374. The molecule has 1 aliphatic heterocycles. The van der Waals surface area contributed by atoms with E-state index in [1.807, 2.05) is 27.7 Å². The molecule has 1 rings (SSSR count). The third-order valence-electron chi connectivity index (χ3n) is 3.96. The zero-order valence-corrected chi connectivity index (χ0v) is 13.9. The summed E-state index contributed by atoms with van der Waals surface area (Å²) >= 11 is 0. The molecule has 0 aliphatic carbocycles. The standard InChI is InChI=1S/C15H29N3O3/c1-11(2)10-12(13(19)21-5)17-14(20)15(3,4)18-8-6-16-7-9-18/h11-12,16H,6-10H2,1-5H3,(H,17,20). The second kappa shape index (κ2) is 7.75. The third-order valence-corrected chi connectivity index (χ3v) is 3.96. The average molecular weight is 299 g/mol. The lowest BCUT2D eigenvalue weighted by Crippen LogP contribution is -2.61. The van der Waals surface area contributed by atoms with Crippen LogP contribution in [0.15, 0.2) is 0 Å². The van der Waals surface area contributed by atoms with E-state index < -0.39 is 11.6 Å². The molecule has 1 unspecified atom stereocenters. The molecule has 6 nitrogen and oxygen atoms in total. The summed E-state index contributed by atoms with van der Waals surface area (Å²) in [5.74, 6) is -0.203. The molecule has 1 fully saturated rings. The van der Waals surface area contributed by atoms with Crippen LogP contribution in [0.25, 0.3) is 0 Å². The van der Waals surface area contributed by atoms with Gasteiger partial charge < -0.3 is 15.4 Å². The smallest absolute Gasteiger partial charge is 0.328 e. The first-order valence-corrected chi connectivity index (χ1v) is 7.63. The summed E-state index contributed by atoms with van der Waals surface area (Å²) in [6.45, 7) is 11.2. The van der Waals surface area contributed by atoms with Gasteiger partial charge in [0.1, 0.15) is 6.04 Å². The Morgan fingerprint density at radius 1 is 1.29 bits per heavy atom. The van der Waals surface area contributed by atoms with E-state index in [1.165, 1.54) is 7.11 Å². The van der Waals surface area contributed by atoms with Crippen LogP contribution in [-0.4, -0.2) is 61.6 Å². The van der Waals surface area contributed by atoms with Gasteiger partial charge in [-0.25, -0.2) is 4.79 Å². The summed E-state index contributed by atoms with van der Waals surface area (Å²) in [5, 5.41) is 6.13. The Morgan fingerprint density at radius 2 is 1.86 bits per heavy atom. The third kappa shape index (κ3) is 4.97. The lowest BCUT2D eigenvalue weighted by atomic mass is 9.98. The number of methoxy groups -OCH3 is 1. The number of amides is 1. The summed E-state index contributed by atoms with van der Waals surface area (Å²) in [4.78, 5) is 26.6. The Hall–Kier alpha value is -1.14. The molecule has 21 heavy (non-hydrogen) atoms. The van der Waals surface area contributed by atoms with Crippen molar-refractivity contribution >= 4 is 11.9 Å². The van der Waals surface area contributed by atoms with Gasteiger partial charge >= 0.3 is 5.97 Å².